The summed E-state index contributed by atoms with van der Waals surface area (Å²) in [5, 5.41) is 6.19. The fourth-order valence-electron chi connectivity index (χ4n) is 3.34. The molecule has 1 amide bonds. The molecule has 0 aromatic heterocycles. The molecule has 0 radical (unpaired) electrons. The molecule has 0 aliphatic carbocycles. The second-order valence-corrected chi connectivity index (χ2v) is 8.46. The van der Waals surface area contributed by atoms with Crippen molar-refractivity contribution in [1.82, 2.24) is 0 Å². The smallest absolute Gasteiger partial charge is 0.262 e. The Morgan fingerprint density at radius 1 is 0.829 bits per heavy atom. The zero-order chi connectivity index (χ0) is 24.5. The first kappa shape index (κ1) is 24.2. The monoisotopic (exact) mass is 532 g/mol. The number of hydrogen-bond donors (Lipinski definition) is 2. The van der Waals surface area contributed by atoms with Crippen molar-refractivity contribution in [3.63, 3.8) is 0 Å². The summed E-state index contributed by atoms with van der Waals surface area (Å²) in [6.07, 6.45) is 0. The Morgan fingerprint density at radius 3 is 2.17 bits per heavy atom. The maximum absolute atomic E-state index is 12.2. The fraction of sp³-hybridized carbons (Fsp3) is 0.107. The Kier molecular flexibility index (Phi) is 8.25. The van der Waals surface area contributed by atoms with Crippen LogP contribution in [0, 0.1) is 0 Å². The summed E-state index contributed by atoms with van der Waals surface area (Å²) >= 11 is 3.54. The molecule has 0 fully saturated rings. The highest BCUT2D eigenvalue weighted by atomic mass is 79.9. The molecule has 4 aromatic rings. The molecule has 0 saturated carbocycles. The third-order valence-electron chi connectivity index (χ3n) is 5.02. The largest absolute Gasteiger partial charge is 0.493 e. The predicted molar refractivity (Wildman–Crippen MR) is 142 cm³/mol. The molecule has 0 aliphatic rings. The van der Waals surface area contributed by atoms with Crippen LogP contribution in [0.5, 0.6) is 23.0 Å². The van der Waals surface area contributed by atoms with Crippen molar-refractivity contribution in [1.29, 1.82) is 0 Å². The minimum absolute atomic E-state index is 0.140. The summed E-state index contributed by atoms with van der Waals surface area (Å²) in [5.74, 6) is 2.32. The highest BCUT2D eigenvalue weighted by Crippen LogP contribution is 2.37. The lowest BCUT2D eigenvalue weighted by Gasteiger charge is -2.15. The number of benzene rings is 4. The van der Waals surface area contributed by atoms with Gasteiger partial charge in [-0.2, -0.15) is 0 Å². The van der Waals surface area contributed by atoms with Crippen molar-refractivity contribution in [3.05, 3.63) is 107 Å². The highest BCUT2D eigenvalue weighted by Gasteiger charge is 2.14. The topological polar surface area (TPSA) is 68.8 Å². The summed E-state index contributed by atoms with van der Waals surface area (Å²) in [7, 11) is 1.57. The number of anilines is 2. The predicted octanol–water partition coefficient (Wildman–Crippen LogP) is 6.88. The number of carbonyl (C=O) groups is 1. The molecule has 178 valence electrons. The van der Waals surface area contributed by atoms with Gasteiger partial charge in [0, 0.05) is 17.9 Å². The molecule has 0 spiro atoms. The van der Waals surface area contributed by atoms with Gasteiger partial charge in [-0.25, -0.2) is 0 Å². The van der Waals surface area contributed by atoms with E-state index in [-0.39, 0.29) is 12.5 Å². The number of nitrogens with one attached hydrogen (secondary N) is 2. The molecular formula is C28H25BrN2O4. The molecule has 0 saturated heterocycles. The van der Waals surface area contributed by atoms with E-state index >= 15 is 0 Å². The lowest BCUT2D eigenvalue weighted by atomic mass is 10.2. The Hall–Kier alpha value is -3.97. The maximum atomic E-state index is 12.2. The molecular weight excluding hydrogens is 508 g/mol. The molecule has 0 aliphatic heterocycles. The van der Waals surface area contributed by atoms with Crippen LogP contribution in [0.15, 0.2) is 102 Å². The van der Waals surface area contributed by atoms with Crippen molar-refractivity contribution >= 4 is 33.2 Å². The molecule has 0 unspecified atom stereocenters. The van der Waals surface area contributed by atoms with Gasteiger partial charge in [-0.15, -0.1) is 0 Å². The van der Waals surface area contributed by atoms with Gasteiger partial charge >= 0.3 is 0 Å². The number of para-hydroxylation sites is 2. The fourth-order valence-corrected chi connectivity index (χ4v) is 3.95. The van der Waals surface area contributed by atoms with Crippen LogP contribution >= 0.6 is 15.9 Å². The molecule has 7 heteroatoms. The first-order chi connectivity index (χ1) is 17.1. The van der Waals surface area contributed by atoms with Gasteiger partial charge in [0.25, 0.3) is 5.91 Å². The molecule has 35 heavy (non-hydrogen) atoms. The van der Waals surface area contributed by atoms with E-state index in [1.54, 1.807) is 7.11 Å². The Labute approximate surface area is 213 Å². The SMILES string of the molecule is COc1cc(CNc2ccc(Oc3ccccc3)cc2)cc(Br)c1OCC(=O)Nc1ccccc1. The van der Waals surface area contributed by atoms with Crippen LogP contribution in [0.1, 0.15) is 5.56 Å². The quantitative estimate of drug-likeness (QED) is 0.233. The summed E-state index contributed by atoms with van der Waals surface area (Å²) < 4.78 is 17.8. The molecule has 2 N–H and O–H groups in total. The lowest BCUT2D eigenvalue weighted by Crippen LogP contribution is -2.20. The zero-order valence-corrected chi connectivity index (χ0v) is 20.7. The van der Waals surface area contributed by atoms with E-state index < -0.39 is 0 Å². The normalized spacial score (nSPS) is 10.3. The molecule has 0 heterocycles. The molecule has 4 rings (SSSR count). The van der Waals surface area contributed by atoms with Gasteiger partial charge in [-0.05, 0) is 82.2 Å². The van der Waals surface area contributed by atoms with Crippen LogP contribution in [-0.2, 0) is 11.3 Å². The second-order valence-electron chi connectivity index (χ2n) is 7.60. The van der Waals surface area contributed by atoms with Gasteiger partial charge in [0.2, 0.25) is 0 Å². The number of ether oxygens (including phenoxy) is 3. The molecule has 6 nitrogen and oxygen atoms in total. The van der Waals surface area contributed by atoms with Gasteiger partial charge in [0.15, 0.2) is 18.1 Å². The Bertz CT molecular complexity index is 1250. The van der Waals surface area contributed by atoms with Crippen LogP contribution < -0.4 is 24.8 Å². The first-order valence-corrected chi connectivity index (χ1v) is 11.8. The lowest BCUT2D eigenvalue weighted by molar-refractivity contribution is -0.118. The van der Waals surface area contributed by atoms with E-state index in [0.717, 1.165) is 22.7 Å². The van der Waals surface area contributed by atoms with Gasteiger partial charge < -0.3 is 24.8 Å². The standard InChI is InChI=1S/C28H25BrN2O4/c1-33-26-17-20(16-25(29)28(26)34-19-27(32)31-22-8-4-2-5-9-22)18-30-21-12-14-24(15-13-21)35-23-10-6-3-7-11-23/h2-17,30H,18-19H2,1H3,(H,31,32). The minimum Gasteiger partial charge on any atom is -0.493 e. The van der Waals surface area contributed by atoms with E-state index in [9.17, 15) is 4.79 Å². The minimum atomic E-state index is -0.254. The van der Waals surface area contributed by atoms with Crippen molar-refractivity contribution < 1.29 is 19.0 Å². The van der Waals surface area contributed by atoms with Crippen LogP contribution in [0.2, 0.25) is 0 Å². The van der Waals surface area contributed by atoms with Crippen LogP contribution in [0.4, 0.5) is 11.4 Å². The second kappa shape index (κ2) is 11.9. The van der Waals surface area contributed by atoms with E-state index in [2.05, 4.69) is 26.6 Å². The van der Waals surface area contributed by atoms with E-state index in [0.29, 0.717) is 28.2 Å². The average Bonchev–Trinajstić information content (AvgIpc) is 2.88. The molecule has 4 aromatic carbocycles. The highest BCUT2D eigenvalue weighted by molar-refractivity contribution is 9.10. The van der Waals surface area contributed by atoms with Gasteiger partial charge in [-0.3, -0.25) is 4.79 Å². The average molecular weight is 533 g/mol. The third kappa shape index (κ3) is 7.01. The van der Waals surface area contributed by atoms with Gasteiger partial charge in [0.05, 0.1) is 11.6 Å². The van der Waals surface area contributed by atoms with E-state index in [1.807, 2.05) is 97.1 Å². The number of carbonyl (C=O) groups excluding carboxylic acids is 1. The number of hydrogen-bond acceptors (Lipinski definition) is 5. The Morgan fingerprint density at radius 2 is 1.49 bits per heavy atom. The van der Waals surface area contributed by atoms with Gasteiger partial charge in [0.1, 0.15) is 11.5 Å². The van der Waals surface area contributed by atoms with Crippen molar-refractivity contribution in [2.24, 2.45) is 0 Å². The van der Waals surface area contributed by atoms with Crippen LogP contribution in [0.3, 0.4) is 0 Å². The third-order valence-corrected chi connectivity index (χ3v) is 5.61. The van der Waals surface area contributed by atoms with Gasteiger partial charge in [-0.1, -0.05) is 36.4 Å². The summed E-state index contributed by atoms with van der Waals surface area (Å²) in [4.78, 5) is 12.2. The van der Waals surface area contributed by atoms with E-state index in [1.165, 1.54) is 0 Å². The van der Waals surface area contributed by atoms with Crippen LogP contribution in [0.25, 0.3) is 0 Å². The summed E-state index contributed by atoms with van der Waals surface area (Å²) in [5.41, 5.74) is 2.66. The van der Waals surface area contributed by atoms with Crippen molar-refractivity contribution in [3.8, 4) is 23.0 Å². The molecule has 0 bridgehead atoms. The Balaban J connectivity index is 1.34. The van der Waals surface area contributed by atoms with Crippen molar-refractivity contribution in [2.75, 3.05) is 24.4 Å². The summed E-state index contributed by atoms with van der Waals surface area (Å²) in [6.45, 7) is 0.432. The maximum Gasteiger partial charge on any atom is 0.262 e. The number of methoxy groups -OCH3 is 1. The number of rotatable bonds is 10. The van der Waals surface area contributed by atoms with E-state index in [4.69, 9.17) is 14.2 Å². The number of halogens is 1. The molecule has 0 atom stereocenters. The van der Waals surface area contributed by atoms with Crippen molar-refractivity contribution in [2.45, 2.75) is 6.54 Å². The zero-order valence-electron chi connectivity index (χ0n) is 19.2. The number of amides is 1. The van der Waals surface area contributed by atoms with Crippen LogP contribution in [-0.4, -0.2) is 19.6 Å². The first-order valence-electron chi connectivity index (χ1n) is 11.0. The summed E-state index contributed by atoms with van der Waals surface area (Å²) in [6, 6.07) is 30.5.